The molecule has 0 radical (unpaired) electrons. The van der Waals surface area contributed by atoms with Gasteiger partial charge < -0.3 is 10.8 Å². The highest BCUT2D eigenvalue weighted by Gasteiger charge is 2.17. The van der Waals surface area contributed by atoms with Crippen molar-refractivity contribution in [3.63, 3.8) is 0 Å². The Balaban J connectivity index is 2.58. The number of aromatic nitrogens is 1. The van der Waals surface area contributed by atoms with Gasteiger partial charge in [-0.3, -0.25) is 0 Å². The molecule has 4 nitrogen and oxygen atoms in total. The minimum absolute atomic E-state index is 0.123. The maximum absolute atomic E-state index is 10.8. The number of anilines is 1. The van der Waals surface area contributed by atoms with E-state index < -0.39 is 5.97 Å². The van der Waals surface area contributed by atoms with Crippen LogP contribution in [0.3, 0.4) is 0 Å². The van der Waals surface area contributed by atoms with Gasteiger partial charge in [-0.15, -0.1) is 0 Å². The van der Waals surface area contributed by atoms with Crippen molar-refractivity contribution in [2.24, 2.45) is 0 Å². The predicted molar refractivity (Wildman–Crippen MR) is 68.7 cm³/mol. The van der Waals surface area contributed by atoms with Crippen LogP contribution in [0.2, 0.25) is 5.02 Å². The number of benzene rings is 1. The van der Waals surface area contributed by atoms with Gasteiger partial charge in [-0.25, -0.2) is 9.78 Å². The van der Waals surface area contributed by atoms with E-state index in [-0.39, 0.29) is 10.7 Å². The summed E-state index contributed by atoms with van der Waals surface area (Å²) in [7, 11) is 0. The van der Waals surface area contributed by atoms with Gasteiger partial charge in [0, 0.05) is 5.56 Å². The summed E-state index contributed by atoms with van der Waals surface area (Å²) in [5.74, 6) is -1.13. The van der Waals surface area contributed by atoms with E-state index in [0.717, 1.165) is 16.9 Å². The first-order valence-corrected chi connectivity index (χ1v) is 5.95. The molecular formula is C11H9ClN2O2S. The van der Waals surface area contributed by atoms with Crippen molar-refractivity contribution in [3.05, 3.63) is 34.5 Å². The van der Waals surface area contributed by atoms with Crippen LogP contribution < -0.4 is 5.73 Å². The largest absolute Gasteiger partial charge is 0.476 e. The van der Waals surface area contributed by atoms with E-state index >= 15 is 0 Å². The monoisotopic (exact) mass is 268 g/mol. The van der Waals surface area contributed by atoms with E-state index in [9.17, 15) is 4.79 Å². The minimum atomic E-state index is -1.13. The van der Waals surface area contributed by atoms with Gasteiger partial charge in [-0.05, 0) is 12.5 Å². The average molecular weight is 269 g/mol. The minimum Gasteiger partial charge on any atom is -0.476 e. The Morgan fingerprint density at radius 3 is 2.82 bits per heavy atom. The number of carboxylic acids is 1. The van der Waals surface area contributed by atoms with Gasteiger partial charge in [0.1, 0.15) is 10.0 Å². The van der Waals surface area contributed by atoms with Crippen LogP contribution in [0.1, 0.15) is 16.1 Å². The summed E-state index contributed by atoms with van der Waals surface area (Å²) in [6, 6.07) is 5.51. The fraction of sp³-hybridized carbons (Fsp3) is 0.0909. The van der Waals surface area contributed by atoms with Gasteiger partial charge in [0.15, 0.2) is 5.69 Å². The van der Waals surface area contributed by atoms with Crippen LogP contribution in [0, 0.1) is 6.92 Å². The highest BCUT2D eigenvalue weighted by Crippen LogP contribution is 2.35. The zero-order chi connectivity index (χ0) is 12.6. The smallest absolute Gasteiger partial charge is 0.357 e. The molecule has 17 heavy (non-hydrogen) atoms. The molecule has 0 fully saturated rings. The van der Waals surface area contributed by atoms with E-state index in [1.165, 1.54) is 0 Å². The zero-order valence-corrected chi connectivity index (χ0v) is 10.5. The van der Waals surface area contributed by atoms with Crippen molar-refractivity contribution < 1.29 is 9.90 Å². The molecule has 88 valence electrons. The summed E-state index contributed by atoms with van der Waals surface area (Å²) in [6.45, 7) is 1.88. The van der Waals surface area contributed by atoms with Gasteiger partial charge in [0.25, 0.3) is 0 Å². The molecule has 1 heterocycles. The molecule has 2 rings (SSSR count). The highest BCUT2D eigenvalue weighted by molar-refractivity contribution is 7.19. The molecule has 0 saturated carbocycles. The standard InChI is InChI=1S/C11H9ClN2O2S/c1-5-3-2-4-6(7(5)12)10-14-8(11(15)16)9(13)17-10/h2-4H,13H2,1H3,(H,15,16). The van der Waals surface area contributed by atoms with E-state index in [1.807, 2.05) is 19.1 Å². The van der Waals surface area contributed by atoms with Gasteiger partial charge in [-0.2, -0.15) is 0 Å². The second-order valence-corrected chi connectivity index (χ2v) is 4.88. The Hall–Kier alpha value is -1.59. The number of nitrogens with zero attached hydrogens (tertiary/aromatic N) is 1. The van der Waals surface area contributed by atoms with Crippen LogP contribution in [0.25, 0.3) is 10.6 Å². The lowest BCUT2D eigenvalue weighted by atomic mass is 10.1. The Morgan fingerprint density at radius 1 is 1.53 bits per heavy atom. The number of hydrogen-bond acceptors (Lipinski definition) is 4. The molecule has 0 bridgehead atoms. The average Bonchev–Trinajstić information content (AvgIpc) is 2.64. The quantitative estimate of drug-likeness (QED) is 0.878. The highest BCUT2D eigenvalue weighted by atomic mass is 35.5. The first-order valence-electron chi connectivity index (χ1n) is 4.75. The number of nitrogen functional groups attached to an aromatic ring is 1. The summed E-state index contributed by atoms with van der Waals surface area (Å²) < 4.78 is 0. The lowest BCUT2D eigenvalue weighted by Gasteiger charge is -2.02. The summed E-state index contributed by atoms with van der Waals surface area (Å²) in [6.07, 6.45) is 0. The fourth-order valence-corrected chi connectivity index (χ4v) is 2.54. The van der Waals surface area contributed by atoms with E-state index in [2.05, 4.69) is 4.98 Å². The Bertz CT molecular complexity index is 595. The maximum Gasteiger partial charge on any atom is 0.357 e. The molecule has 1 aromatic heterocycles. The fourth-order valence-electron chi connectivity index (χ4n) is 1.41. The van der Waals surface area contributed by atoms with Gasteiger partial charge >= 0.3 is 5.97 Å². The molecule has 1 aromatic carbocycles. The lowest BCUT2D eigenvalue weighted by molar-refractivity contribution is 0.0692. The van der Waals surface area contributed by atoms with Crippen LogP contribution in [-0.2, 0) is 0 Å². The topological polar surface area (TPSA) is 76.2 Å². The summed E-state index contributed by atoms with van der Waals surface area (Å²) in [5, 5.41) is 10.2. The predicted octanol–water partition coefficient (Wildman–Crippen LogP) is 3.05. The molecule has 0 amide bonds. The van der Waals surface area contributed by atoms with Gasteiger partial charge in [0.05, 0.1) is 5.02 Å². The number of nitrogens with two attached hydrogens (primary N) is 1. The number of carboxylic acid groups (broad SMARTS) is 1. The molecule has 0 aliphatic carbocycles. The molecule has 0 spiro atoms. The van der Waals surface area contributed by atoms with Crippen LogP contribution >= 0.6 is 22.9 Å². The third-order valence-corrected chi connectivity index (χ3v) is 3.70. The van der Waals surface area contributed by atoms with Crippen molar-refractivity contribution >= 4 is 33.9 Å². The Morgan fingerprint density at radius 2 is 2.24 bits per heavy atom. The Kier molecular flexibility index (Phi) is 3.04. The lowest BCUT2D eigenvalue weighted by Crippen LogP contribution is -2.00. The first kappa shape index (κ1) is 11.9. The molecule has 0 saturated heterocycles. The maximum atomic E-state index is 10.8. The zero-order valence-electron chi connectivity index (χ0n) is 8.90. The number of halogens is 1. The number of carbonyl (C=O) groups is 1. The first-order chi connectivity index (χ1) is 8.00. The number of thiazole rings is 1. The second-order valence-electron chi connectivity index (χ2n) is 3.47. The summed E-state index contributed by atoms with van der Waals surface area (Å²) in [4.78, 5) is 14.8. The number of rotatable bonds is 2. The van der Waals surface area contributed by atoms with Crippen molar-refractivity contribution in [1.82, 2.24) is 4.98 Å². The van der Waals surface area contributed by atoms with E-state index in [1.54, 1.807) is 6.07 Å². The molecule has 0 aliphatic rings. The molecule has 6 heteroatoms. The van der Waals surface area contributed by atoms with Crippen LogP contribution in [0.4, 0.5) is 5.00 Å². The summed E-state index contributed by atoms with van der Waals surface area (Å²) in [5.41, 5.74) is 7.09. The number of aromatic carboxylic acids is 1. The molecule has 2 aromatic rings. The van der Waals surface area contributed by atoms with E-state index in [4.69, 9.17) is 22.4 Å². The van der Waals surface area contributed by atoms with Crippen LogP contribution in [-0.4, -0.2) is 16.1 Å². The number of aryl methyl sites for hydroxylation is 1. The van der Waals surface area contributed by atoms with Crippen molar-refractivity contribution in [3.8, 4) is 10.6 Å². The normalized spacial score (nSPS) is 10.5. The Labute approximate surface area is 107 Å². The SMILES string of the molecule is Cc1cccc(-c2nc(C(=O)O)c(N)s2)c1Cl. The van der Waals surface area contributed by atoms with Crippen molar-refractivity contribution in [2.45, 2.75) is 6.92 Å². The van der Waals surface area contributed by atoms with Crippen LogP contribution in [0.5, 0.6) is 0 Å². The number of hydrogen-bond donors (Lipinski definition) is 2. The molecular weight excluding hydrogens is 260 g/mol. The molecule has 0 atom stereocenters. The van der Waals surface area contributed by atoms with Crippen molar-refractivity contribution in [2.75, 3.05) is 5.73 Å². The second kappa shape index (κ2) is 4.35. The third kappa shape index (κ3) is 2.11. The van der Waals surface area contributed by atoms with Crippen LogP contribution in [0.15, 0.2) is 18.2 Å². The van der Waals surface area contributed by atoms with Gasteiger partial charge in [-0.1, -0.05) is 41.1 Å². The molecule has 3 N–H and O–H groups in total. The third-order valence-electron chi connectivity index (χ3n) is 2.28. The van der Waals surface area contributed by atoms with Crippen molar-refractivity contribution in [1.29, 1.82) is 0 Å². The molecule has 0 aliphatic heterocycles. The molecule has 0 unspecified atom stereocenters. The van der Waals surface area contributed by atoms with Gasteiger partial charge in [0.2, 0.25) is 0 Å². The summed E-state index contributed by atoms with van der Waals surface area (Å²) >= 11 is 7.27. The van der Waals surface area contributed by atoms with E-state index in [0.29, 0.717) is 15.6 Å².